The summed E-state index contributed by atoms with van der Waals surface area (Å²) in [5.41, 5.74) is 0.504. The first-order valence-corrected chi connectivity index (χ1v) is 9.28. The zero-order valence-electron chi connectivity index (χ0n) is 16.8. The second kappa shape index (κ2) is 10.4. The van der Waals surface area contributed by atoms with Gasteiger partial charge in [-0.2, -0.15) is 0 Å². The summed E-state index contributed by atoms with van der Waals surface area (Å²) in [6.07, 6.45) is 0. The van der Waals surface area contributed by atoms with Crippen LogP contribution in [0.5, 0.6) is 11.5 Å². The molecule has 1 unspecified atom stereocenters. The number of likely N-dealkylation sites (N-methyl/N-ethyl adjacent to an activating group) is 1. The Bertz CT molecular complexity index is 803. The number of hydrogen-bond acceptors (Lipinski definition) is 5. The standard InChI is InChI=1S/C20H27N3O5/c1-5-26-17-10-8-15(11-18(17)27-6-2)21-20(25)22-19(24)13-23(4)12-16-9-7-14(3)28-16/h7-11H,5-6,12-13H2,1-4H3,(H2,21,22,24,25)/p+1. The molecule has 1 atom stereocenters. The monoisotopic (exact) mass is 390 g/mol. The maximum Gasteiger partial charge on any atom is 0.326 e. The molecule has 1 aromatic heterocycles. The van der Waals surface area contributed by atoms with E-state index in [-0.39, 0.29) is 12.5 Å². The Morgan fingerprint density at radius 1 is 1.07 bits per heavy atom. The molecule has 0 bridgehead atoms. The third kappa shape index (κ3) is 6.62. The number of carbonyl (C=O) groups is 2. The van der Waals surface area contributed by atoms with E-state index in [9.17, 15) is 9.59 Å². The number of amides is 3. The molecule has 0 saturated heterocycles. The van der Waals surface area contributed by atoms with Gasteiger partial charge in [0.1, 0.15) is 12.3 Å². The molecule has 152 valence electrons. The smallest absolute Gasteiger partial charge is 0.326 e. The molecule has 3 N–H and O–H groups in total. The van der Waals surface area contributed by atoms with E-state index in [1.165, 1.54) is 0 Å². The first-order chi connectivity index (χ1) is 13.4. The van der Waals surface area contributed by atoms with Gasteiger partial charge in [0.05, 0.1) is 20.3 Å². The molecular formula is C20H28N3O5+. The van der Waals surface area contributed by atoms with Crippen molar-refractivity contribution < 1.29 is 28.4 Å². The number of rotatable bonds is 9. The molecule has 2 aromatic rings. The van der Waals surface area contributed by atoms with Crippen molar-refractivity contribution in [1.82, 2.24) is 5.32 Å². The van der Waals surface area contributed by atoms with Gasteiger partial charge in [-0.3, -0.25) is 10.1 Å². The van der Waals surface area contributed by atoms with E-state index >= 15 is 0 Å². The summed E-state index contributed by atoms with van der Waals surface area (Å²) in [5.74, 6) is 2.38. The number of benzene rings is 1. The lowest BCUT2D eigenvalue weighted by molar-refractivity contribution is -0.886. The molecule has 1 heterocycles. The predicted molar refractivity (Wildman–Crippen MR) is 105 cm³/mol. The summed E-state index contributed by atoms with van der Waals surface area (Å²) >= 11 is 0. The summed E-state index contributed by atoms with van der Waals surface area (Å²) in [6.45, 7) is 7.29. The Labute approximate surface area is 164 Å². The number of urea groups is 1. The number of ether oxygens (including phenoxy) is 2. The molecule has 0 spiro atoms. The van der Waals surface area contributed by atoms with E-state index in [0.29, 0.717) is 36.9 Å². The van der Waals surface area contributed by atoms with Crippen molar-refractivity contribution in [2.75, 3.05) is 32.1 Å². The molecule has 2 rings (SSSR count). The summed E-state index contributed by atoms with van der Waals surface area (Å²) < 4.78 is 16.5. The van der Waals surface area contributed by atoms with Gasteiger partial charge in [-0.25, -0.2) is 4.79 Å². The molecule has 0 fully saturated rings. The number of imide groups is 1. The van der Waals surface area contributed by atoms with Crippen LogP contribution >= 0.6 is 0 Å². The van der Waals surface area contributed by atoms with Gasteiger partial charge in [0, 0.05) is 11.8 Å². The minimum Gasteiger partial charge on any atom is -0.490 e. The molecule has 0 saturated carbocycles. The number of nitrogens with one attached hydrogen (secondary N) is 3. The maximum absolute atomic E-state index is 12.1. The van der Waals surface area contributed by atoms with Gasteiger partial charge >= 0.3 is 6.03 Å². The zero-order chi connectivity index (χ0) is 20.5. The predicted octanol–water partition coefficient (Wildman–Crippen LogP) is 1.75. The molecule has 0 radical (unpaired) electrons. The van der Waals surface area contributed by atoms with Gasteiger partial charge in [-0.05, 0) is 45.0 Å². The summed E-state index contributed by atoms with van der Waals surface area (Å²) in [5, 5.41) is 4.96. The van der Waals surface area contributed by atoms with Gasteiger partial charge in [0.15, 0.2) is 23.8 Å². The van der Waals surface area contributed by atoms with Gasteiger partial charge in [-0.15, -0.1) is 0 Å². The SMILES string of the molecule is CCOc1ccc(NC(=O)NC(=O)C[NH+](C)Cc2ccc(C)o2)cc1OCC. The Hall–Kier alpha value is -3.00. The summed E-state index contributed by atoms with van der Waals surface area (Å²) in [4.78, 5) is 25.1. The lowest BCUT2D eigenvalue weighted by Crippen LogP contribution is -3.08. The van der Waals surface area contributed by atoms with Crippen LogP contribution in [0.2, 0.25) is 0 Å². The van der Waals surface area contributed by atoms with Crippen LogP contribution in [0.4, 0.5) is 10.5 Å². The molecule has 3 amide bonds. The van der Waals surface area contributed by atoms with Crippen LogP contribution < -0.4 is 25.0 Å². The fourth-order valence-electron chi connectivity index (χ4n) is 2.68. The molecule has 8 nitrogen and oxygen atoms in total. The van der Waals surface area contributed by atoms with Crippen molar-refractivity contribution in [3.63, 3.8) is 0 Å². The van der Waals surface area contributed by atoms with E-state index in [1.54, 1.807) is 18.2 Å². The Kier molecular flexibility index (Phi) is 7.88. The van der Waals surface area contributed by atoms with Gasteiger partial charge < -0.3 is 24.1 Å². The summed E-state index contributed by atoms with van der Waals surface area (Å²) in [6, 6.07) is 8.23. The fourth-order valence-corrected chi connectivity index (χ4v) is 2.68. The lowest BCUT2D eigenvalue weighted by Gasteiger charge is -2.14. The number of furan rings is 1. The quantitative estimate of drug-likeness (QED) is 0.606. The Morgan fingerprint density at radius 3 is 2.43 bits per heavy atom. The number of hydrogen-bond donors (Lipinski definition) is 3. The molecule has 0 aliphatic rings. The van der Waals surface area contributed by atoms with Crippen LogP contribution in [0.1, 0.15) is 25.4 Å². The van der Waals surface area contributed by atoms with E-state index < -0.39 is 6.03 Å². The summed E-state index contributed by atoms with van der Waals surface area (Å²) in [7, 11) is 1.86. The second-order valence-corrected chi connectivity index (χ2v) is 6.35. The van der Waals surface area contributed by atoms with Crippen molar-refractivity contribution in [2.45, 2.75) is 27.3 Å². The highest BCUT2D eigenvalue weighted by Gasteiger charge is 2.15. The highest BCUT2D eigenvalue weighted by Crippen LogP contribution is 2.30. The first-order valence-electron chi connectivity index (χ1n) is 9.28. The van der Waals surface area contributed by atoms with Crippen LogP contribution in [-0.2, 0) is 11.3 Å². The number of carbonyl (C=O) groups excluding carboxylic acids is 2. The fraction of sp³-hybridized carbons (Fsp3) is 0.400. The Morgan fingerprint density at radius 2 is 1.79 bits per heavy atom. The molecular weight excluding hydrogens is 362 g/mol. The van der Waals surface area contributed by atoms with Crippen molar-refractivity contribution in [1.29, 1.82) is 0 Å². The normalized spacial score (nSPS) is 11.6. The number of quaternary nitrogens is 1. The van der Waals surface area contributed by atoms with Crippen molar-refractivity contribution in [2.24, 2.45) is 0 Å². The minimum atomic E-state index is -0.599. The molecule has 28 heavy (non-hydrogen) atoms. The minimum absolute atomic E-state index is 0.140. The molecule has 1 aromatic carbocycles. The van der Waals surface area contributed by atoms with Gasteiger partial charge in [0.2, 0.25) is 0 Å². The van der Waals surface area contributed by atoms with E-state index in [0.717, 1.165) is 16.4 Å². The number of anilines is 1. The van der Waals surface area contributed by atoms with Crippen LogP contribution in [0, 0.1) is 6.92 Å². The van der Waals surface area contributed by atoms with E-state index in [1.807, 2.05) is 40.0 Å². The van der Waals surface area contributed by atoms with Crippen molar-refractivity contribution >= 4 is 17.6 Å². The highest BCUT2D eigenvalue weighted by atomic mass is 16.5. The van der Waals surface area contributed by atoms with Crippen LogP contribution in [0.25, 0.3) is 0 Å². The Balaban J connectivity index is 1.86. The average molecular weight is 390 g/mol. The zero-order valence-corrected chi connectivity index (χ0v) is 16.8. The van der Waals surface area contributed by atoms with Crippen LogP contribution in [-0.4, -0.2) is 38.7 Å². The van der Waals surface area contributed by atoms with Gasteiger partial charge in [-0.1, -0.05) is 0 Å². The topological polar surface area (TPSA) is 94.2 Å². The first kappa shape index (κ1) is 21.3. The number of aryl methyl sites for hydroxylation is 1. The molecule has 0 aliphatic heterocycles. The average Bonchev–Trinajstić information content (AvgIpc) is 3.01. The second-order valence-electron chi connectivity index (χ2n) is 6.35. The van der Waals surface area contributed by atoms with E-state index in [4.69, 9.17) is 13.9 Å². The largest absolute Gasteiger partial charge is 0.490 e. The van der Waals surface area contributed by atoms with Crippen LogP contribution in [0.3, 0.4) is 0 Å². The van der Waals surface area contributed by atoms with Gasteiger partial charge in [0.25, 0.3) is 5.91 Å². The lowest BCUT2D eigenvalue weighted by atomic mass is 10.2. The van der Waals surface area contributed by atoms with Crippen molar-refractivity contribution in [3.8, 4) is 11.5 Å². The van der Waals surface area contributed by atoms with E-state index in [2.05, 4.69) is 10.6 Å². The van der Waals surface area contributed by atoms with Crippen LogP contribution in [0.15, 0.2) is 34.7 Å². The molecule has 8 heteroatoms. The molecule has 0 aliphatic carbocycles. The van der Waals surface area contributed by atoms with Crippen molar-refractivity contribution in [3.05, 3.63) is 41.9 Å². The maximum atomic E-state index is 12.1. The third-order valence-corrected chi connectivity index (χ3v) is 3.79. The highest BCUT2D eigenvalue weighted by molar-refractivity contribution is 6.01. The third-order valence-electron chi connectivity index (χ3n) is 3.79.